The van der Waals surface area contributed by atoms with E-state index in [0.29, 0.717) is 18.2 Å². The van der Waals surface area contributed by atoms with Crippen LogP contribution in [0.3, 0.4) is 0 Å². The van der Waals surface area contributed by atoms with E-state index in [1.54, 1.807) is 30.6 Å². The zero-order valence-corrected chi connectivity index (χ0v) is 12.8. The van der Waals surface area contributed by atoms with Crippen LogP contribution < -0.4 is 10.6 Å². The largest absolute Gasteiger partial charge is 0.456 e. The highest BCUT2D eigenvalue weighted by molar-refractivity contribution is 5.92. The molecule has 1 aromatic heterocycles. The van der Waals surface area contributed by atoms with Gasteiger partial charge in [-0.3, -0.25) is 9.59 Å². The number of benzene rings is 1. The summed E-state index contributed by atoms with van der Waals surface area (Å²) in [5.41, 5.74) is 1.77. The standard InChI is InChI=1S/C16H18N4O3/c1-12-3-5-13(6-4-12)20-14(21)11-23-15(22)7-10-19-16-17-8-2-9-18-16/h2-6,8-9H,7,10-11H2,1H3,(H,20,21)(H,17,18,19). The fourth-order valence-corrected chi connectivity index (χ4v) is 1.72. The Bertz CT molecular complexity index is 644. The van der Waals surface area contributed by atoms with Crippen molar-refractivity contribution in [3.8, 4) is 0 Å². The molecule has 0 unspecified atom stereocenters. The van der Waals surface area contributed by atoms with Crippen LogP contribution in [0.4, 0.5) is 11.6 Å². The maximum atomic E-state index is 11.7. The summed E-state index contributed by atoms with van der Waals surface area (Å²) in [7, 11) is 0. The topological polar surface area (TPSA) is 93.2 Å². The normalized spacial score (nSPS) is 9.96. The van der Waals surface area contributed by atoms with Crippen LogP contribution >= 0.6 is 0 Å². The number of anilines is 2. The number of carbonyl (C=O) groups is 2. The minimum atomic E-state index is -0.465. The van der Waals surface area contributed by atoms with Crippen LogP contribution in [-0.4, -0.2) is 35.0 Å². The van der Waals surface area contributed by atoms with Gasteiger partial charge in [-0.1, -0.05) is 17.7 Å². The highest BCUT2D eigenvalue weighted by atomic mass is 16.5. The average molecular weight is 314 g/mol. The number of nitrogens with zero attached hydrogens (tertiary/aromatic N) is 2. The molecule has 1 amide bonds. The number of aryl methyl sites for hydroxylation is 1. The zero-order chi connectivity index (χ0) is 16.5. The van der Waals surface area contributed by atoms with Gasteiger partial charge in [-0.05, 0) is 25.1 Å². The predicted molar refractivity (Wildman–Crippen MR) is 85.9 cm³/mol. The van der Waals surface area contributed by atoms with E-state index in [-0.39, 0.29) is 18.9 Å². The van der Waals surface area contributed by atoms with Crippen LogP contribution in [0.15, 0.2) is 42.7 Å². The van der Waals surface area contributed by atoms with Gasteiger partial charge in [0.1, 0.15) is 0 Å². The maximum absolute atomic E-state index is 11.7. The SMILES string of the molecule is Cc1ccc(NC(=O)COC(=O)CCNc2ncccn2)cc1. The number of rotatable bonds is 7. The molecule has 7 heteroatoms. The monoisotopic (exact) mass is 314 g/mol. The molecule has 0 fully saturated rings. The van der Waals surface area contributed by atoms with Crippen molar-refractivity contribution in [2.75, 3.05) is 23.8 Å². The summed E-state index contributed by atoms with van der Waals surface area (Å²) in [5.74, 6) is -0.397. The first-order valence-corrected chi connectivity index (χ1v) is 7.16. The van der Waals surface area contributed by atoms with E-state index in [0.717, 1.165) is 5.56 Å². The molecule has 7 nitrogen and oxygen atoms in total. The van der Waals surface area contributed by atoms with Crippen molar-refractivity contribution in [3.63, 3.8) is 0 Å². The fraction of sp³-hybridized carbons (Fsp3) is 0.250. The van der Waals surface area contributed by atoms with Crippen molar-refractivity contribution in [2.24, 2.45) is 0 Å². The molecule has 0 saturated heterocycles. The highest BCUT2D eigenvalue weighted by Gasteiger charge is 2.08. The second-order valence-corrected chi connectivity index (χ2v) is 4.82. The molecule has 0 spiro atoms. The van der Waals surface area contributed by atoms with Crippen molar-refractivity contribution in [1.82, 2.24) is 9.97 Å². The molecule has 0 aliphatic rings. The molecule has 0 aliphatic carbocycles. The van der Waals surface area contributed by atoms with Crippen LogP contribution in [0.1, 0.15) is 12.0 Å². The van der Waals surface area contributed by atoms with Gasteiger partial charge in [0.15, 0.2) is 6.61 Å². The molecule has 120 valence electrons. The lowest BCUT2D eigenvalue weighted by Gasteiger charge is -2.07. The molecule has 0 atom stereocenters. The molecule has 2 aromatic rings. The number of aromatic nitrogens is 2. The van der Waals surface area contributed by atoms with E-state index in [9.17, 15) is 9.59 Å². The smallest absolute Gasteiger partial charge is 0.308 e. The van der Waals surface area contributed by atoms with Crippen molar-refractivity contribution >= 4 is 23.5 Å². The van der Waals surface area contributed by atoms with Crippen LogP contribution in [-0.2, 0) is 14.3 Å². The number of carbonyl (C=O) groups excluding carboxylic acids is 2. The van der Waals surface area contributed by atoms with Gasteiger partial charge in [0.2, 0.25) is 5.95 Å². The van der Waals surface area contributed by atoms with Crippen LogP contribution in [0.2, 0.25) is 0 Å². The van der Waals surface area contributed by atoms with Crippen molar-refractivity contribution in [2.45, 2.75) is 13.3 Å². The first-order chi connectivity index (χ1) is 11.1. The van der Waals surface area contributed by atoms with Crippen molar-refractivity contribution in [1.29, 1.82) is 0 Å². The van der Waals surface area contributed by atoms with E-state index < -0.39 is 5.97 Å². The third-order valence-electron chi connectivity index (χ3n) is 2.88. The number of amides is 1. The molecule has 1 heterocycles. The molecule has 0 saturated carbocycles. The Labute approximate surface area is 134 Å². The Morgan fingerprint density at radius 1 is 1.13 bits per heavy atom. The summed E-state index contributed by atoms with van der Waals surface area (Å²) in [4.78, 5) is 31.2. The summed E-state index contributed by atoms with van der Waals surface area (Å²) in [6, 6.07) is 9.06. The maximum Gasteiger partial charge on any atom is 0.308 e. The minimum Gasteiger partial charge on any atom is -0.456 e. The number of nitrogens with one attached hydrogen (secondary N) is 2. The number of hydrogen-bond donors (Lipinski definition) is 2. The second-order valence-electron chi connectivity index (χ2n) is 4.82. The molecular formula is C16H18N4O3. The lowest BCUT2D eigenvalue weighted by atomic mass is 10.2. The highest BCUT2D eigenvalue weighted by Crippen LogP contribution is 2.08. The number of ether oxygens (including phenoxy) is 1. The van der Waals surface area contributed by atoms with E-state index in [1.165, 1.54) is 0 Å². The van der Waals surface area contributed by atoms with E-state index in [4.69, 9.17) is 4.74 Å². The Hall–Kier alpha value is -2.96. The van der Waals surface area contributed by atoms with Gasteiger partial charge in [0, 0.05) is 24.6 Å². The first-order valence-electron chi connectivity index (χ1n) is 7.16. The van der Waals surface area contributed by atoms with Gasteiger partial charge in [0.25, 0.3) is 5.91 Å². The molecule has 0 bridgehead atoms. The summed E-state index contributed by atoms with van der Waals surface area (Å²) in [6.45, 7) is 1.98. The minimum absolute atomic E-state index is 0.121. The zero-order valence-electron chi connectivity index (χ0n) is 12.8. The first kappa shape index (κ1) is 16.4. The fourth-order valence-electron chi connectivity index (χ4n) is 1.72. The quantitative estimate of drug-likeness (QED) is 0.757. The van der Waals surface area contributed by atoms with Gasteiger partial charge in [0.05, 0.1) is 6.42 Å². The average Bonchev–Trinajstić information content (AvgIpc) is 2.56. The van der Waals surface area contributed by atoms with Crippen molar-refractivity contribution in [3.05, 3.63) is 48.3 Å². The van der Waals surface area contributed by atoms with Gasteiger partial charge in [-0.15, -0.1) is 0 Å². The lowest BCUT2D eigenvalue weighted by Crippen LogP contribution is -2.22. The summed E-state index contributed by atoms with van der Waals surface area (Å²) in [5, 5.41) is 5.54. The van der Waals surface area contributed by atoms with E-state index in [2.05, 4.69) is 20.6 Å². The summed E-state index contributed by atoms with van der Waals surface area (Å²) in [6.07, 6.45) is 3.32. The third-order valence-corrected chi connectivity index (χ3v) is 2.88. The van der Waals surface area contributed by atoms with E-state index >= 15 is 0 Å². The van der Waals surface area contributed by atoms with E-state index in [1.807, 2.05) is 19.1 Å². The van der Waals surface area contributed by atoms with Crippen LogP contribution in [0, 0.1) is 6.92 Å². The molecular weight excluding hydrogens is 296 g/mol. The third kappa shape index (κ3) is 6.13. The molecule has 23 heavy (non-hydrogen) atoms. The van der Waals surface area contributed by atoms with Crippen LogP contribution in [0.5, 0.6) is 0 Å². The summed E-state index contributed by atoms with van der Waals surface area (Å²) >= 11 is 0. The molecule has 0 radical (unpaired) electrons. The van der Waals surface area contributed by atoms with Crippen molar-refractivity contribution < 1.29 is 14.3 Å². The molecule has 2 N–H and O–H groups in total. The second kappa shape index (κ2) is 8.47. The Kier molecular flexibility index (Phi) is 6.05. The Balaban J connectivity index is 1.63. The van der Waals surface area contributed by atoms with Gasteiger partial charge in [-0.2, -0.15) is 0 Å². The van der Waals surface area contributed by atoms with Gasteiger partial charge in [-0.25, -0.2) is 9.97 Å². The predicted octanol–water partition coefficient (Wildman–Crippen LogP) is 1.77. The number of esters is 1. The molecule has 1 aromatic carbocycles. The summed E-state index contributed by atoms with van der Waals surface area (Å²) < 4.78 is 4.91. The van der Waals surface area contributed by atoms with Gasteiger partial charge < -0.3 is 15.4 Å². The molecule has 2 rings (SSSR count). The lowest BCUT2D eigenvalue weighted by molar-refractivity contribution is -0.147. The molecule has 0 aliphatic heterocycles. The Morgan fingerprint density at radius 3 is 2.52 bits per heavy atom. The van der Waals surface area contributed by atoms with Crippen LogP contribution in [0.25, 0.3) is 0 Å². The number of hydrogen-bond acceptors (Lipinski definition) is 6. The Morgan fingerprint density at radius 2 is 1.83 bits per heavy atom. The van der Waals surface area contributed by atoms with Gasteiger partial charge >= 0.3 is 5.97 Å².